The van der Waals surface area contributed by atoms with Crippen LogP contribution in [0.2, 0.25) is 0 Å². The summed E-state index contributed by atoms with van der Waals surface area (Å²) in [6.45, 7) is 2.58. The minimum absolute atomic E-state index is 0.0512. The highest BCUT2D eigenvalue weighted by atomic mass is 32.2. The van der Waals surface area contributed by atoms with Gasteiger partial charge >= 0.3 is 0 Å². The molecule has 0 spiro atoms. The monoisotopic (exact) mass is 314 g/mol. The molecule has 0 radical (unpaired) electrons. The van der Waals surface area contributed by atoms with Gasteiger partial charge in [0.2, 0.25) is 0 Å². The second-order valence-electron chi connectivity index (χ2n) is 5.70. The zero-order chi connectivity index (χ0) is 14.4. The maximum absolute atomic E-state index is 12.5. The largest absolute Gasteiger partial charge is 0.381 e. The third-order valence-electron chi connectivity index (χ3n) is 4.00. The van der Waals surface area contributed by atoms with Gasteiger partial charge < -0.3 is 5.73 Å². The second-order valence-corrected chi connectivity index (χ2v) is 8.26. The Morgan fingerprint density at radius 1 is 1.50 bits per heavy atom. The van der Waals surface area contributed by atoms with Crippen LogP contribution in [-0.4, -0.2) is 24.3 Å². The van der Waals surface area contributed by atoms with Crippen molar-refractivity contribution in [2.24, 2.45) is 5.41 Å². The van der Waals surface area contributed by atoms with Crippen molar-refractivity contribution >= 4 is 32.1 Å². The molecule has 0 aromatic carbocycles. The van der Waals surface area contributed by atoms with Crippen LogP contribution in [0.3, 0.4) is 0 Å². The molecule has 3 rings (SSSR count). The Morgan fingerprint density at radius 2 is 2.20 bits per heavy atom. The van der Waals surface area contributed by atoms with E-state index in [1.165, 1.54) is 28.6 Å². The van der Waals surface area contributed by atoms with Gasteiger partial charge in [-0.3, -0.25) is 4.40 Å². The first-order valence-corrected chi connectivity index (χ1v) is 8.98. The van der Waals surface area contributed by atoms with Crippen LogP contribution in [0.1, 0.15) is 32.6 Å². The number of imidazole rings is 1. The summed E-state index contributed by atoms with van der Waals surface area (Å²) in [6, 6.07) is 0. The zero-order valence-corrected chi connectivity index (χ0v) is 12.9. The summed E-state index contributed by atoms with van der Waals surface area (Å²) in [5.41, 5.74) is 5.81. The Balaban J connectivity index is 1.88. The molecule has 6 nitrogen and oxygen atoms in total. The molecule has 8 heteroatoms. The number of nitrogen functional groups attached to an aromatic ring is 1. The third-order valence-corrected chi connectivity index (χ3v) is 6.19. The first-order valence-electron chi connectivity index (χ1n) is 6.62. The number of hydrogen-bond acceptors (Lipinski definition) is 5. The fourth-order valence-corrected chi connectivity index (χ4v) is 4.97. The number of nitrogens with zero attached hydrogens (tertiary/aromatic N) is 2. The van der Waals surface area contributed by atoms with Gasteiger partial charge in [-0.1, -0.05) is 19.8 Å². The van der Waals surface area contributed by atoms with Gasteiger partial charge in [0, 0.05) is 18.1 Å². The van der Waals surface area contributed by atoms with Gasteiger partial charge in [0.05, 0.1) is 0 Å². The normalized spacial score (nSPS) is 18.9. The summed E-state index contributed by atoms with van der Waals surface area (Å²) in [7, 11) is -3.64. The van der Waals surface area contributed by atoms with E-state index < -0.39 is 10.0 Å². The molecule has 2 heterocycles. The summed E-state index contributed by atoms with van der Waals surface area (Å²) < 4.78 is 29.2. The number of aromatic nitrogens is 2. The van der Waals surface area contributed by atoms with Crippen LogP contribution >= 0.6 is 11.3 Å². The lowest BCUT2D eigenvalue weighted by atomic mass is 9.89. The summed E-state index contributed by atoms with van der Waals surface area (Å²) in [6.07, 6.45) is 6.13. The van der Waals surface area contributed by atoms with E-state index in [2.05, 4.69) is 16.6 Å². The standard InChI is InChI=1S/C12H18N4O2S2/c1-12(4-2-3-5-12)8-14-20(17,18)10-9(13)15-11-16(10)6-7-19-11/h6-7,14H,2-5,8,13H2,1H3. The van der Waals surface area contributed by atoms with Crippen molar-refractivity contribution in [3.05, 3.63) is 11.6 Å². The minimum Gasteiger partial charge on any atom is -0.381 e. The highest BCUT2D eigenvalue weighted by Crippen LogP contribution is 2.37. The highest BCUT2D eigenvalue weighted by Gasteiger charge is 2.32. The molecule has 1 saturated carbocycles. The average Bonchev–Trinajstić information content (AvgIpc) is 3.03. The first kappa shape index (κ1) is 13.8. The molecular weight excluding hydrogens is 296 g/mol. The maximum atomic E-state index is 12.5. The van der Waals surface area contributed by atoms with Crippen molar-refractivity contribution in [3.63, 3.8) is 0 Å². The van der Waals surface area contributed by atoms with Crippen molar-refractivity contribution in [3.8, 4) is 0 Å². The molecule has 0 amide bonds. The van der Waals surface area contributed by atoms with E-state index in [0.29, 0.717) is 11.5 Å². The topological polar surface area (TPSA) is 89.5 Å². The number of hydrogen-bond donors (Lipinski definition) is 2. The molecule has 3 N–H and O–H groups in total. The Kier molecular flexibility index (Phi) is 3.26. The van der Waals surface area contributed by atoms with Gasteiger partial charge in [0.1, 0.15) is 0 Å². The van der Waals surface area contributed by atoms with Crippen LogP contribution in [0.5, 0.6) is 0 Å². The van der Waals surface area contributed by atoms with Gasteiger partial charge in [0.15, 0.2) is 15.8 Å². The first-order chi connectivity index (χ1) is 9.41. The van der Waals surface area contributed by atoms with E-state index >= 15 is 0 Å². The Bertz CT molecular complexity index is 726. The van der Waals surface area contributed by atoms with Crippen LogP contribution in [0.15, 0.2) is 16.6 Å². The molecular formula is C12H18N4O2S2. The number of anilines is 1. The zero-order valence-electron chi connectivity index (χ0n) is 11.3. The number of rotatable bonds is 4. The fraction of sp³-hybridized carbons (Fsp3) is 0.583. The lowest BCUT2D eigenvalue weighted by Gasteiger charge is -2.23. The summed E-state index contributed by atoms with van der Waals surface area (Å²) in [5, 5.41) is 1.84. The van der Waals surface area contributed by atoms with Crippen molar-refractivity contribution in [1.29, 1.82) is 0 Å². The number of nitrogens with one attached hydrogen (secondary N) is 1. The van der Waals surface area contributed by atoms with Gasteiger partial charge in [-0.2, -0.15) is 0 Å². The molecule has 110 valence electrons. The third kappa shape index (κ3) is 2.32. The van der Waals surface area contributed by atoms with Crippen molar-refractivity contribution < 1.29 is 8.42 Å². The maximum Gasteiger partial charge on any atom is 0.260 e. The van der Waals surface area contributed by atoms with E-state index in [4.69, 9.17) is 5.73 Å². The van der Waals surface area contributed by atoms with Gasteiger partial charge in [0.25, 0.3) is 10.0 Å². The summed E-state index contributed by atoms with van der Waals surface area (Å²) in [4.78, 5) is 4.67. The SMILES string of the molecule is CC1(CNS(=O)(=O)c2c(N)nc3sccn23)CCCC1. The molecule has 0 bridgehead atoms. The van der Waals surface area contributed by atoms with Crippen LogP contribution in [-0.2, 0) is 10.0 Å². The highest BCUT2D eigenvalue weighted by molar-refractivity contribution is 7.89. The average molecular weight is 314 g/mol. The Labute approximate surface area is 122 Å². The summed E-state index contributed by atoms with van der Waals surface area (Å²) >= 11 is 1.36. The van der Waals surface area contributed by atoms with E-state index in [1.807, 2.05) is 0 Å². The predicted molar refractivity (Wildman–Crippen MR) is 79.2 cm³/mol. The molecule has 1 fully saturated rings. The molecule has 1 aliphatic rings. The molecule has 2 aromatic rings. The fourth-order valence-electron chi connectivity index (χ4n) is 2.79. The van der Waals surface area contributed by atoms with E-state index in [9.17, 15) is 8.42 Å². The van der Waals surface area contributed by atoms with Gasteiger partial charge in [-0.05, 0) is 18.3 Å². The number of sulfonamides is 1. The van der Waals surface area contributed by atoms with Crippen molar-refractivity contribution in [2.75, 3.05) is 12.3 Å². The van der Waals surface area contributed by atoms with Gasteiger partial charge in [-0.25, -0.2) is 18.1 Å². The second kappa shape index (κ2) is 4.71. The molecule has 20 heavy (non-hydrogen) atoms. The van der Waals surface area contributed by atoms with E-state index in [0.717, 1.165) is 12.8 Å². The minimum atomic E-state index is -3.64. The lowest BCUT2D eigenvalue weighted by molar-refractivity contribution is 0.336. The van der Waals surface area contributed by atoms with Gasteiger partial charge in [-0.15, -0.1) is 11.3 Å². The van der Waals surface area contributed by atoms with Crippen LogP contribution in [0, 0.1) is 5.41 Å². The van der Waals surface area contributed by atoms with Crippen LogP contribution in [0.25, 0.3) is 4.96 Å². The quantitative estimate of drug-likeness (QED) is 0.901. The van der Waals surface area contributed by atoms with Crippen molar-refractivity contribution in [1.82, 2.24) is 14.1 Å². The number of thiazole rings is 1. The Hall–Kier alpha value is -1.12. The smallest absolute Gasteiger partial charge is 0.260 e. The summed E-state index contributed by atoms with van der Waals surface area (Å²) in [5.74, 6) is 0.0564. The molecule has 0 unspecified atom stereocenters. The molecule has 0 atom stereocenters. The van der Waals surface area contributed by atoms with Crippen LogP contribution in [0.4, 0.5) is 5.82 Å². The van der Waals surface area contributed by atoms with Crippen LogP contribution < -0.4 is 10.5 Å². The molecule has 0 saturated heterocycles. The van der Waals surface area contributed by atoms with E-state index in [1.54, 1.807) is 11.6 Å². The molecule has 0 aliphatic heterocycles. The molecule has 2 aromatic heterocycles. The van der Waals surface area contributed by atoms with Crippen molar-refractivity contribution in [2.45, 2.75) is 37.6 Å². The molecule has 1 aliphatic carbocycles. The number of fused-ring (bicyclic) bond motifs is 1. The lowest BCUT2D eigenvalue weighted by Crippen LogP contribution is -2.34. The van der Waals surface area contributed by atoms with E-state index in [-0.39, 0.29) is 16.3 Å². The Morgan fingerprint density at radius 3 is 2.90 bits per heavy atom. The number of nitrogens with two attached hydrogens (primary N) is 1. The predicted octanol–water partition coefficient (Wildman–Crippen LogP) is 1.84.